The quantitative estimate of drug-likeness (QED) is 0.384. The van der Waals surface area contributed by atoms with Crippen molar-refractivity contribution in [2.45, 2.75) is 26.7 Å². The van der Waals surface area contributed by atoms with E-state index in [1.807, 2.05) is 44.2 Å². The largest absolute Gasteiger partial charge is 0.504 e. The van der Waals surface area contributed by atoms with E-state index in [0.717, 1.165) is 0 Å². The number of nitrogens with one attached hydrogen (secondary N) is 3. The molecule has 4 rings (SSSR count). The number of ether oxygens (including phenoxy) is 1. The molecule has 1 unspecified atom stereocenters. The number of aromatic nitrogens is 4. The summed E-state index contributed by atoms with van der Waals surface area (Å²) in [5.74, 6) is -0.369. The molecule has 0 saturated heterocycles. The van der Waals surface area contributed by atoms with Crippen molar-refractivity contribution in [1.29, 1.82) is 0 Å². The number of benzene rings is 2. The highest BCUT2D eigenvalue weighted by atomic mass is 16.5. The second-order valence-corrected chi connectivity index (χ2v) is 7.34. The molecular weight excluding hydrogens is 396 g/mol. The number of hydrogen-bond donors (Lipinski definition) is 4. The molecule has 0 amide bonds. The van der Waals surface area contributed by atoms with Crippen LogP contribution < -0.4 is 15.9 Å². The smallest absolute Gasteiger partial charge is 0.275 e. The van der Waals surface area contributed by atoms with Gasteiger partial charge in [0.05, 0.1) is 23.4 Å². The molecule has 0 bridgehead atoms. The van der Waals surface area contributed by atoms with Crippen LogP contribution in [0.5, 0.6) is 11.5 Å². The van der Waals surface area contributed by atoms with Crippen LogP contribution in [0.2, 0.25) is 0 Å². The van der Waals surface area contributed by atoms with Crippen molar-refractivity contribution in [3.63, 3.8) is 0 Å². The van der Waals surface area contributed by atoms with Crippen molar-refractivity contribution in [3.8, 4) is 17.2 Å². The summed E-state index contributed by atoms with van der Waals surface area (Å²) in [5, 5.41) is 18.7. The molecule has 2 aromatic carbocycles. The highest BCUT2D eigenvalue weighted by Crippen LogP contribution is 2.36. The first-order valence-corrected chi connectivity index (χ1v) is 10.0. The van der Waals surface area contributed by atoms with E-state index >= 15 is 0 Å². The Labute approximate surface area is 178 Å². The van der Waals surface area contributed by atoms with Crippen LogP contribution in [0, 0.1) is 13.8 Å². The lowest BCUT2D eigenvalue weighted by Gasteiger charge is -2.17. The fourth-order valence-corrected chi connectivity index (χ4v) is 3.92. The van der Waals surface area contributed by atoms with Gasteiger partial charge in [-0.3, -0.25) is 19.8 Å². The second-order valence-electron chi connectivity index (χ2n) is 7.34. The van der Waals surface area contributed by atoms with E-state index in [-0.39, 0.29) is 16.9 Å². The summed E-state index contributed by atoms with van der Waals surface area (Å²) in [6.45, 7) is 5.78. The molecule has 0 aliphatic carbocycles. The summed E-state index contributed by atoms with van der Waals surface area (Å²) >= 11 is 0. The Bertz CT molecular complexity index is 1330. The Morgan fingerprint density at radius 2 is 1.74 bits per heavy atom. The lowest BCUT2D eigenvalue weighted by molar-refractivity contribution is 0.317. The number of aromatic amines is 3. The zero-order chi connectivity index (χ0) is 22.1. The van der Waals surface area contributed by atoms with E-state index in [1.165, 1.54) is 10.7 Å². The minimum atomic E-state index is -0.663. The van der Waals surface area contributed by atoms with Crippen molar-refractivity contribution < 1.29 is 9.84 Å². The maximum absolute atomic E-state index is 13.5. The number of para-hydroxylation sites is 1. The van der Waals surface area contributed by atoms with Gasteiger partial charge in [-0.05, 0) is 50.6 Å². The number of nitrogens with zero attached hydrogens (tertiary/aromatic N) is 1. The minimum absolute atomic E-state index is 0.00321. The Morgan fingerprint density at radius 3 is 2.39 bits per heavy atom. The zero-order valence-electron chi connectivity index (χ0n) is 17.5. The van der Waals surface area contributed by atoms with Gasteiger partial charge in [-0.2, -0.15) is 0 Å². The highest BCUT2D eigenvalue weighted by Gasteiger charge is 2.30. The van der Waals surface area contributed by atoms with Crippen LogP contribution in [0.4, 0.5) is 0 Å². The molecule has 1 atom stereocenters. The predicted octanol–water partition coefficient (Wildman–Crippen LogP) is 3.08. The van der Waals surface area contributed by atoms with Crippen molar-refractivity contribution >= 4 is 0 Å². The van der Waals surface area contributed by atoms with Crippen molar-refractivity contribution in [1.82, 2.24) is 20.0 Å². The molecule has 0 aliphatic heterocycles. The van der Waals surface area contributed by atoms with Gasteiger partial charge in [0.2, 0.25) is 0 Å². The number of H-pyrrole nitrogens is 3. The molecule has 160 valence electrons. The van der Waals surface area contributed by atoms with Crippen LogP contribution in [0.25, 0.3) is 5.69 Å². The van der Waals surface area contributed by atoms with Gasteiger partial charge in [0.1, 0.15) is 0 Å². The fourth-order valence-electron chi connectivity index (χ4n) is 3.92. The van der Waals surface area contributed by atoms with E-state index in [9.17, 15) is 14.7 Å². The molecule has 4 N–H and O–H groups in total. The summed E-state index contributed by atoms with van der Waals surface area (Å²) in [7, 11) is 0. The van der Waals surface area contributed by atoms with E-state index in [0.29, 0.717) is 46.1 Å². The van der Waals surface area contributed by atoms with Gasteiger partial charge in [0.15, 0.2) is 11.5 Å². The first-order chi connectivity index (χ1) is 14.9. The molecular formula is C23H24N4O4. The van der Waals surface area contributed by atoms with Crippen LogP contribution in [-0.4, -0.2) is 31.7 Å². The van der Waals surface area contributed by atoms with Crippen molar-refractivity contribution in [2.24, 2.45) is 0 Å². The summed E-state index contributed by atoms with van der Waals surface area (Å²) < 4.78 is 7.01. The van der Waals surface area contributed by atoms with Gasteiger partial charge in [-0.1, -0.05) is 24.3 Å². The average molecular weight is 420 g/mol. The standard InChI is InChI=1S/C23H24N4O4/c1-4-31-18-12-15(10-11-17(18)28)21(19-13(2)24-25-22(19)29)20-14(3)26-27(23(20)30)16-8-6-5-7-9-16/h5-12,21,26,28H,4H2,1-3H3,(H2,24,25,29). The molecule has 2 heterocycles. The van der Waals surface area contributed by atoms with E-state index in [2.05, 4.69) is 15.3 Å². The predicted molar refractivity (Wildman–Crippen MR) is 117 cm³/mol. The first kappa shape index (κ1) is 20.3. The summed E-state index contributed by atoms with van der Waals surface area (Å²) in [4.78, 5) is 26.2. The Balaban J connectivity index is 1.98. The highest BCUT2D eigenvalue weighted by molar-refractivity contribution is 5.51. The van der Waals surface area contributed by atoms with Crippen LogP contribution in [0.1, 0.15) is 40.9 Å². The third kappa shape index (κ3) is 3.56. The van der Waals surface area contributed by atoms with E-state index < -0.39 is 5.92 Å². The molecule has 0 aliphatic rings. The van der Waals surface area contributed by atoms with Gasteiger partial charge in [0.25, 0.3) is 11.1 Å². The molecule has 4 aromatic rings. The number of phenolic OH excluding ortho intramolecular Hbond substituents is 1. The molecule has 0 spiro atoms. The van der Waals surface area contributed by atoms with Gasteiger partial charge < -0.3 is 14.9 Å². The van der Waals surface area contributed by atoms with Crippen molar-refractivity contribution in [2.75, 3.05) is 6.61 Å². The Morgan fingerprint density at radius 1 is 1.00 bits per heavy atom. The summed E-state index contributed by atoms with van der Waals surface area (Å²) in [6.07, 6.45) is 0. The topological polar surface area (TPSA) is 116 Å². The number of rotatable bonds is 6. The van der Waals surface area contributed by atoms with E-state index in [1.54, 1.807) is 19.1 Å². The normalized spacial score (nSPS) is 12.1. The summed E-state index contributed by atoms with van der Waals surface area (Å²) in [6, 6.07) is 14.1. The number of aromatic hydroxyl groups is 1. The number of phenols is 1. The molecule has 31 heavy (non-hydrogen) atoms. The van der Waals surface area contributed by atoms with Crippen LogP contribution in [0.3, 0.4) is 0 Å². The van der Waals surface area contributed by atoms with Crippen molar-refractivity contribution in [3.05, 3.63) is 97.3 Å². The molecule has 0 saturated carbocycles. The number of hydrogen-bond acceptors (Lipinski definition) is 4. The van der Waals surface area contributed by atoms with Gasteiger partial charge >= 0.3 is 0 Å². The maximum Gasteiger partial charge on any atom is 0.275 e. The van der Waals surface area contributed by atoms with Crippen LogP contribution in [-0.2, 0) is 0 Å². The van der Waals surface area contributed by atoms with Gasteiger partial charge in [-0.25, -0.2) is 4.68 Å². The Hall–Kier alpha value is -3.94. The molecule has 2 aromatic heterocycles. The first-order valence-electron chi connectivity index (χ1n) is 10.0. The number of aryl methyl sites for hydroxylation is 2. The monoisotopic (exact) mass is 420 g/mol. The van der Waals surface area contributed by atoms with E-state index in [4.69, 9.17) is 4.74 Å². The third-order valence-electron chi connectivity index (χ3n) is 5.34. The average Bonchev–Trinajstić information content (AvgIpc) is 3.25. The third-order valence-corrected chi connectivity index (χ3v) is 5.34. The Kier molecular flexibility index (Phi) is 5.29. The zero-order valence-corrected chi connectivity index (χ0v) is 17.5. The SMILES string of the molecule is CCOc1cc(C(c2c(C)[nH][nH]c2=O)c2c(C)[nH]n(-c3ccccc3)c2=O)ccc1O. The maximum atomic E-state index is 13.5. The molecule has 8 heteroatoms. The summed E-state index contributed by atoms with van der Waals surface area (Å²) in [5.41, 5.74) is 2.96. The fraction of sp³-hybridized carbons (Fsp3) is 0.217. The van der Waals surface area contributed by atoms with Crippen LogP contribution in [0.15, 0.2) is 58.1 Å². The molecule has 8 nitrogen and oxygen atoms in total. The van der Waals surface area contributed by atoms with Gasteiger partial charge in [0, 0.05) is 17.3 Å². The van der Waals surface area contributed by atoms with Gasteiger partial charge in [-0.15, -0.1) is 0 Å². The minimum Gasteiger partial charge on any atom is -0.504 e. The lowest BCUT2D eigenvalue weighted by atomic mass is 9.85. The van der Waals surface area contributed by atoms with Crippen LogP contribution >= 0.6 is 0 Å². The molecule has 0 fully saturated rings. The lowest BCUT2D eigenvalue weighted by Crippen LogP contribution is -2.23. The molecule has 0 radical (unpaired) electrons. The second kappa shape index (κ2) is 8.06.